The van der Waals surface area contributed by atoms with Crippen molar-refractivity contribution in [3.05, 3.63) is 29.6 Å². The fourth-order valence-corrected chi connectivity index (χ4v) is 2.60. The van der Waals surface area contributed by atoms with Gasteiger partial charge in [-0.3, -0.25) is 16.3 Å². The lowest BCUT2D eigenvalue weighted by Crippen LogP contribution is -2.36. The molecule has 0 radical (unpaired) electrons. The van der Waals surface area contributed by atoms with Gasteiger partial charge in [0.25, 0.3) is 0 Å². The third-order valence-corrected chi connectivity index (χ3v) is 3.56. The zero-order valence-electron chi connectivity index (χ0n) is 10.5. The van der Waals surface area contributed by atoms with E-state index in [0.29, 0.717) is 12.0 Å². The quantitative estimate of drug-likeness (QED) is 0.616. The first-order chi connectivity index (χ1) is 8.26. The molecule has 4 nitrogen and oxygen atoms in total. The Morgan fingerprint density at radius 2 is 2.41 bits per heavy atom. The molecule has 0 aromatic carbocycles. The number of ether oxygens (including phenoxy) is 1. The summed E-state index contributed by atoms with van der Waals surface area (Å²) in [6, 6.07) is 4.25. The van der Waals surface area contributed by atoms with Crippen molar-refractivity contribution in [2.45, 2.75) is 38.8 Å². The van der Waals surface area contributed by atoms with Gasteiger partial charge in [0, 0.05) is 24.4 Å². The minimum absolute atomic E-state index is 0.135. The Kier molecular flexibility index (Phi) is 4.10. The second-order valence-electron chi connectivity index (χ2n) is 4.65. The van der Waals surface area contributed by atoms with Crippen LogP contribution in [0, 0.1) is 12.8 Å². The van der Waals surface area contributed by atoms with Gasteiger partial charge in [-0.2, -0.15) is 0 Å². The van der Waals surface area contributed by atoms with Gasteiger partial charge in [0.15, 0.2) is 0 Å². The van der Waals surface area contributed by atoms with Crippen LogP contribution in [0.4, 0.5) is 0 Å². The van der Waals surface area contributed by atoms with Crippen molar-refractivity contribution in [1.82, 2.24) is 10.4 Å². The van der Waals surface area contributed by atoms with E-state index >= 15 is 0 Å². The van der Waals surface area contributed by atoms with Gasteiger partial charge in [-0.15, -0.1) is 0 Å². The maximum atomic E-state index is 5.73. The highest BCUT2D eigenvalue weighted by molar-refractivity contribution is 5.18. The summed E-state index contributed by atoms with van der Waals surface area (Å²) in [5.41, 5.74) is 5.10. The average Bonchev–Trinajstić information content (AvgIpc) is 2.81. The minimum Gasteiger partial charge on any atom is -0.378 e. The Balaban J connectivity index is 2.18. The van der Waals surface area contributed by atoms with Crippen molar-refractivity contribution in [1.29, 1.82) is 0 Å². The molecular formula is C13H21N3O. The second-order valence-corrected chi connectivity index (χ2v) is 4.65. The summed E-state index contributed by atoms with van der Waals surface area (Å²) in [6.07, 6.45) is 4.30. The first kappa shape index (κ1) is 12.5. The van der Waals surface area contributed by atoms with Gasteiger partial charge in [0.1, 0.15) is 0 Å². The molecule has 3 atom stereocenters. The summed E-state index contributed by atoms with van der Waals surface area (Å²) in [7, 11) is 0. The third-order valence-electron chi connectivity index (χ3n) is 3.56. The van der Waals surface area contributed by atoms with E-state index in [1.165, 1.54) is 0 Å². The molecule has 2 heterocycles. The minimum atomic E-state index is 0.135. The number of nitrogens with one attached hydrogen (secondary N) is 1. The Morgan fingerprint density at radius 1 is 1.59 bits per heavy atom. The van der Waals surface area contributed by atoms with Gasteiger partial charge in [-0.05, 0) is 31.4 Å². The molecule has 1 aromatic heterocycles. The van der Waals surface area contributed by atoms with Crippen molar-refractivity contribution in [3.63, 3.8) is 0 Å². The monoisotopic (exact) mass is 235 g/mol. The molecule has 94 valence electrons. The van der Waals surface area contributed by atoms with E-state index < -0.39 is 0 Å². The molecule has 1 fully saturated rings. The van der Waals surface area contributed by atoms with Crippen molar-refractivity contribution >= 4 is 0 Å². The van der Waals surface area contributed by atoms with Crippen molar-refractivity contribution in [2.24, 2.45) is 11.8 Å². The van der Waals surface area contributed by atoms with E-state index in [1.54, 1.807) is 0 Å². The number of aromatic nitrogens is 1. The largest absolute Gasteiger partial charge is 0.378 e. The summed E-state index contributed by atoms with van der Waals surface area (Å²) in [5, 5.41) is 0. The van der Waals surface area contributed by atoms with Crippen molar-refractivity contribution in [3.8, 4) is 0 Å². The molecule has 4 heteroatoms. The first-order valence-electron chi connectivity index (χ1n) is 6.26. The van der Waals surface area contributed by atoms with Crippen LogP contribution >= 0.6 is 0 Å². The molecular weight excluding hydrogens is 214 g/mol. The predicted octanol–water partition coefficient (Wildman–Crippen LogP) is 1.71. The van der Waals surface area contributed by atoms with E-state index in [9.17, 15) is 0 Å². The van der Waals surface area contributed by atoms with Crippen LogP contribution in [0.1, 0.15) is 37.1 Å². The van der Waals surface area contributed by atoms with Crippen LogP contribution in [0.3, 0.4) is 0 Å². The Morgan fingerprint density at radius 3 is 3.00 bits per heavy atom. The highest BCUT2D eigenvalue weighted by Gasteiger charge is 2.34. The molecule has 1 aliphatic rings. The number of nitrogens with two attached hydrogens (primary N) is 1. The SMILES string of the molecule is CCC1OCCC1C(NN)c1ccc(C)nc1. The lowest BCUT2D eigenvalue weighted by atomic mass is 9.88. The molecule has 1 aromatic rings. The number of hydrogen-bond donors (Lipinski definition) is 2. The smallest absolute Gasteiger partial charge is 0.0620 e. The van der Waals surface area contributed by atoms with Crippen LogP contribution in [0.25, 0.3) is 0 Å². The highest BCUT2D eigenvalue weighted by atomic mass is 16.5. The zero-order chi connectivity index (χ0) is 12.3. The van der Waals surface area contributed by atoms with Crippen molar-refractivity contribution < 1.29 is 4.74 Å². The molecule has 3 unspecified atom stereocenters. The maximum absolute atomic E-state index is 5.73. The van der Waals surface area contributed by atoms with Gasteiger partial charge < -0.3 is 4.74 Å². The molecule has 3 N–H and O–H groups in total. The first-order valence-corrected chi connectivity index (χ1v) is 6.26. The van der Waals surface area contributed by atoms with Crippen LogP contribution in [0.15, 0.2) is 18.3 Å². The normalized spacial score (nSPS) is 26.1. The predicted molar refractivity (Wildman–Crippen MR) is 67.2 cm³/mol. The Hall–Kier alpha value is -0.970. The summed E-state index contributed by atoms with van der Waals surface area (Å²) < 4.78 is 5.73. The van der Waals surface area contributed by atoms with E-state index in [1.807, 2.05) is 19.2 Å². The van der Waals surface area contributed by atoms with Gasteiger partial charge in [0.05, 0.1) is 12.1 Å². The van der Waals surface area contributed by atoms with E-state index in [4.69, 9.17) is 10.6 Å². The summed E-state index contributed by atoms with van der Waals surface area (Å²) in [6.45, 7) is 4.98. The van der Waals surface area contributed by atoms with Crippen LogP contribution in [0.5, 0.6) is 0 Å². The number of pyridine rings is 1. The van der Waals surface area contributed by atoms with Gasteiger partial charge in [-0.25, -0.2) is 0 Å². The Labute approximate surface area is 103 Å². The lowest BCUT2D eigenvalue weighted by Gasteiger charge is -2.26. The standard InChI is InChI=1S/C13H21N3O/c1-3-12-11(6-7-17-12)13(16-14)10-5-4-9(2)15-8-10/h4-5,8,11-13,16H,3,6-7,14H2,1-2H3. The maximum Gasteiger partial charge on any atom is 0.0620 e. The summed E-state index contributed by atoms with van der Waals surface area (Å²) >= 11 is 0. The summed E-state index contributed by atoms with van der Waals surface area (Å²) in [4.78, 5) is 4.33. The summed E-state index contributed by atoms with van der Waals surface area (Å²) in [5.74, 6) is 6.15. The molecule has 1 saturated heterocycles. The topological polar surface area (TPSA) is 60.2 Å². The highest BCUT2D eigenvalue weighted by Crippen LogP contribution is 2.34. The van der Waals surface area contributed by atoms with Crippen LogP contribution in [-0.4, -0.2) is 17.7 Å². The Bertz CT molecular complexity index is 352. The number of nitrogens with zero attached hydrogens (tertiary/aromatic N) is 1. The van der Waals surface area contributed by atoms with Crippen LogP contribution in [0.2, 0.25) is 0 Å². The van der Waals surface area contributed by atoms with E-state index in [2.05, 4.69) is 23.4 Å². The van der Waals surface area contributed by atoms with Crippen LogP contribution < -0.4 is 11.3 Å². The van der Waals surface area contributed by atoms with E-state index in [-0.39, 0.29) is 6.04 Å². The number of aryl methyl sites for hydroxylation is 1. The average molecular weight is 235 g/mol. The van der Waals surface area contributed by atoms with Gasteiger partial charge in [-0.1, -0.05) is 13.0 Å². The number of hydrogen-bond acceptors (Lipinski definition) is 4. The number of rotatable bonds is 4. The second kappa shape index (κ2) is 5.58. The number of hydrazine groups is 1. The van der Waals surface area contributed by atoms with E-state index in [0.717, 1.165) is 30.7 Å². The van der Waals surface area contributed by atoms with Gasteiger partial charge in [0.2, 0.25) is 0 Å². The molecule has 0 bridgehead atoms. The van der Waals surface area contributed by atoms with Gasteiger partial charge >= 0.3 is 0 Å². The molecule has 2 rings (SSSR count). The fourth-order valence-electron chi connectivity index (χ4n) is 2.60. The van der Waals surface area contributed by atoms with Crippen LogP contribution in [-0.2, 0) is 4.74 Å². The molecule has 1 aliphatic heterocycles. The third kappa shape index (κ3) is 2.65. The molecule has 0 saturated carbocycles. The lowest BCUT2D eigenvalue weighted by molar-refractivity contribution is 0.0773. The molecule has 0 amide bonds. The molecule has 17 heavy (non-hydrogen) atoms. The zero-order valence-corrected chi connectivity index (χ0v) is 10.5. The fraction of sp³-hybridized carbons (Fsp3) is 0.615. The molecule has 0 spiro atoms. The molecule has 0 aliphatic carbocycles. The van der Waals surface area contributed by atoms with Crippen molar-refractivity contribution in [2.75, 3.05) is 6.61 Å².